The first-order chi connectivity index (χ1) is 17.2. The molecule has 0 aliphatic heterocycles. The maximum absolute atomic E-state index is 11.6. The largest absolute Gasteiger partial charge is 0.489 e. The first kappa shape index (κ1) is 28.6. The first-order valence-electron chi connectivity index (χ1n) is 12.8. The van der Waals surface area contributed by atoms with Crippen molar-refractivity contribution in [3.8, 4) is 11.8 Å². The highest BCUT2D eigenvalue weighted by molar-refractivity contribution is 5.94. The fraction of sp³-hybridized carbons (Fsp3) is 0.333. The van der Waals surface area contributed by atoms with E-state index in [1.165, 1.54) is 0 Å². The number of nitriles is 1. The van der Waals surface area contributed by atoms with Crippen LogP contribution in [-0.2, 0) is 0 Å². The van der Waals surface area contributed by atoms with Crippen LogP contribution in [0, 0.1) is 11.3 Å². The van der Waals surface area contributed by atoms with E-state index in [-0.39, 0.29) is 11.9 Å². The minimum absolute atomic E-state index is 0.0636. The molecule has 0 heterocycles. The maximum atomic E-state index is 11.6. The number of ketones is 1. The van der Waals surface area contributed by atoms with Crippen LogP contribution in [0.15, 0.2) is 78.4 Å². The monoisotopic (exact) mass is 481 g/mol. The average Bonchev–Trinajstić information content (AvgIpc) is 2.89. The number of ether oxygens (including phenoxy) is 1. The summed E-state index contributed by atoms with van der Waals surface area (Å²) in [6, 6.07) is 15.9. The fourth-order valence-corrected chi connectivity index (χ4v) is 4.10. The third-order valence-corrected chi connectivity index (χ3v) is 6.50. The minimum Gasteiger partial charge on any atom is -0.489 e. The van der Waals surface area contributed by atoms with Crippen molar-refractivity contribution in [3.63, 3.8) is 0 Å². The van der Waals surface area contributed by atoms with Crippen molar-refractivity contribution in [2.75, 3.05) is 0 Å². The van der Waals surface area contributed by atoms with Crippen LogP contribution in [0.25, 0.3) is 11.1 Å². The Morgan fingerprint density at radius 3 is 2.22 bits per heavy atom. The summed E-state index contributed by atoms with van der Waals surface area (Å²) < 4.78 is 6.21. The molecule has 36 heavy (non-hydrogen) atoms. The molecule has 0 aromatic heterocycles. The molecule has 2 rings (SSSR count). The highest BCUT2D eigenvalue weighted by Crippen LogP contribution is 2.31. The van der Waals surface area contributed by atoms with Crippen LogP contribution in [0.3, 0.4) is 0 Å². The van der Waals surface area contributed by atoms with Gasteiger partial charge in [-0.15, -0.1) is 0 Å². The van der Waals surface area contributed by atoms with Crippen LogP contribution in [0.2, 0.25) is 0 Å². The number of Topliss-reactive ketones (excluding diaryl/α,β-unsaturated/α-hetero) is 1. The van der Waals surface area contributed by atoms with E-state index in [1.54, 1.807) is 13.0 Å². The number of rotatable bonds is 12. The molecular formula is C33H39NO2. The van der Waals surface area contributed by atoms with Gasteiger partial charge in [0.25, 0.3) is 0 Å². The van der Waals surface area contributed by atoms with Gasteiger partial charge < -0.3 is 4.74 Å². The van der Waals surface area contributed by atoms with Crippen LogP contribution < -0.4 is 4.74 Å². The zero-order chi connectivity index (χ0) is 26.7. The van der Waals surface area contributed by atoms with Gasteiger partial charge >= 0.3 is 0 Å². The molecule has 0 aliphatic rings. The third kappa shape index (κ3) is 7.68. The van der Waals surface area contributed by atoms with Crippen LogP contribution in [0.4, 0.5) is 0 Å². The lowest BCUT2D eigenvalue weighted by Crippen LogP contribution is -2.15. The Balaban J connectivity index is 2.40. The molecule has 1 unspecified atom stereocenters. The standard InChI is InChI=1S/C33H39NO2/c1-8-11-13-31(10-3)36-33-19-18-29(21-30(33)22-34)32(12-9-2)25(6)23(4)20-24(5)27-14-16-28(17-15-27)26(7)35/h9,12,14-21,31H,2,8,10-11,13H2,1,3-7H3/b24-20+,25-23+,32-12+. The molecule has 0 saturated carbocycles. The predicted molar refractivity (Wildman–Crippen MR) is 152 cm³/mol. The van der Waals surface area contributed by atoms with Gasteiger partial charge in [0.2, 0.25) is 0 Å². The summed E-state index contributed by atoms with van der Waals surface area (Å²) in [6.07, 6.45) is 10.2. The number of carbonyl (C=O) groups is 1. The van der Waals surface area contributed by atoms with Crippen LogP contribution in [0.1, 0.15) is 94.3 Å². The quantitative estimate of drug-likeness (QED) is 0.224. The van der Waals surface area contributed by atoms with Crippen molar-refractivity contribution in [2.24, 2.45) is 0 Å². The summed E-state index contributed by atoms with van der Waals surface area (Å²) in [5.74, 6) is 0.707. The highest BCUT2D eigenvalue weighted by atomic mass is 16.5. The molecular weight excluding hydrogens is 442 g/mol. The second-order valence-electron chi connectivity index (χ2n) is 9.20. The van der Waals surface area contributed by atoms with E-state index in [4.69, 9.17) is 4.74 Å². The molecule has 2 aromatic carbocycles. The Kier molecular flexibility index (Phi) is 11.2. The number of hydrogen-bond donors (Lipinski definition) is 0. The summed E-state index contributed by atoms with van der Waals surface area (Å²) in [5, 5.41) is 9.85. The second-order valence-corrected chi connectivity index (χ2v) is 9.20. The summed E-state index contributed by atoms with van der Waals surface area (Å²) in [7, 11) is 0. The van der Waals surface area contributed by atoms with Gasteiger partial charge in [-0.3, -0.25) is 4.79 Å². The molecule has 2 aromatic rings. The van der Waals surface area contributed by atoms with Crippen molar-refractivity contribution in [1.82, 2.24) is 0 Å². The van der Waals surface area contributed by atoms with Gasteiger partial charge in [0, 0.05) is 5.56 Å². The molecule has 3 nitrogen and oxygen atoms in total. The normalized spacial score (nSPS) is 13.5. The molecule has 188 valence electrons. The molecule has 0 N–H and O–H groups in total. The lowest BCUT2D eigenvalue weighted by Gasteiger charge is -2.19. The van der Waals surface area contributed by atoms with E-state index in [0.717, 1.165) is 59.1 Å². The SMILES string of the molecule is C=C\C=C(/C(C)=C(C)/C=C(\C)c1ccc(C(C)=O)cc1)c1ccc(OC(CC)CCCC)c(C#N)c1. The average molecular weight is 482 g/mol. The number of allylic oxidation sites excluding steroid dienone is 7. The molecule has 0 spiro atoms. The van der Waals surface area contributed by atoms with Gasteiger partial charge in [-0.2, -0.15) is 5.26 Å². The molecule has 0 amide bonds. The Morgan fingerprint density at radius 2 is 1.67 bits per heavy atom. The molecule has 0 fully saturated rings. The smallest absolute Gasteiger partial charge is 0.159 e. The maximum Gasteiger partial charge on any atom is 0.159 e. The van der Waals surface area contributed by atoms with Gasteiger partial charge in [-0.05, 0) is 86.1 Å². The molecule has 3 heteroatoms. The molecule has 0 aliphatic carbocycles. The Hall–Kier alpha value is -3.64. The minimum atomic E-state index is 0.0636. The molecule has 0 radical (unpaired) electrons. The number of benzene rings is 2. The van der Waals surface area contributed by atoms with Crippen molar-refractivity contribution in [2.45, 2.75) is 73.3 Å². The van der Waals surface area contributed by atoms with Crippen LogP contribution in [-0.4, -0.2) is 11.9 Å². The number of carbonyl (C=O) groups excluding carboxylic acids is 1. The van der Waals surface area contributed by atoms with E-state index in [2.05, 4.69) is 53.3 Å². The first-order valence-corrected chi connectivity index (χ1v) is 12.8. The van der Waals surface area contributed by atoms with Crippen molar-refractivity contribution in [1.29, 1.82) is 5.26 Å². The summed E-state index contributed by atoms with van der Waals surface area (Å²) in [5.41, 5.74) is 7.61. The third-order valence-electron chi connectivity index (χ3n) is 6.50. The van der Waals surface area contributed by atoms with Crippen LogP contribution >= 0.6 is 0 Å². The Bertz CT molecular complexity index is 1200. The van der Waals surface area contributed by atoms with Gasteiger partial charge in [0.15, 0.2) is 5.78 Å². The summed E-state index contributed by atoms with van der Waals surface area (Å²) in [4.78, 5) is 11.6. The lowest BCUT2D eigenvalue weighted by molar-refractivity contribution is 0.101. The molecule has 0 bridgehead atoms. The van der Waals surface area contributed by atoms with Crippen molar-refractivity contribution < 1.29 is 9.53 Å². The van der Waals surface area contributed by atoms with E-state index >= 15 is 0 Å². The Morgan fingerprint density at radius 1 is 1.03 bits per heavy atom. The second kappa shape index (κ2) is 14.0. The summed E-state index contributed by atoms with van der Waals surface area (Å²) in [6.45, 7) is 16.0. The highest BCUT2D eigenvalue weighted by Gasteiger charge is 2.14. The molecule has 0 saturated heterocycles. The zero-order valence-electron chi connectivity index (χ0n) is 22.7. The fourth-order valence-electron chi connectivity index (χ4n) is 4.10. The number of hydrogen-bond acceptors (Lipinski definition) is 3. The zero-order valence-corrected chi connectivity index (χ0v) is 22.7. The van der Waals surface area contributed by atoms with Crippen molar-refractivity contribution in [3.05, 3.63) is 101 Å². The van der Waals surface area contributed by atoms with Crippen molar-refractivity contribution >= 4 is 16.9 Å². The van der Waals surface area contributed by atoms with Crippen LogP contribution in [0.5, 0.6) is 5.75 Å². The number of nitrogens with zero attached hydrogens (tertiary/aromatic N) is 1. The van der Waals surface area contributed by atoms with E-state index < -0.39 is 0 Å². The topological polar surface area (TPSA) is 50.1 Å². The summed E-state index contributed by atoms with van der Waals surface area (Å²) >= 11 is 0. The van der Waals surface area contributed by atoms with Gasteiger partial charge in [0.1, 0.15) is 11.8 Å². The predicted octanol–water partition coefficient (Wildman–Crippen LogP) is 9.12. The number of unbranched alkanes of at least 4 members (excludes halogenated alkanes) is 1. The van der Waals surface area contributed by atoms with Gasteiger partial charge in [-0.25, -0.2) is 0 Å². The van der Waals surface area contributed by atoms with E-state index in [0.29, 0.717) is 16.9 Å². The van der Waals surface area contributed by atoms with E-state index in [9.17, 15) is 10.1 Å². The van der Waals surface area contributed by atoms with E-state index in [1.807, 2.05) is 48.5 Å². The lowest BCUT2D eigenvalue weighted by atomic mass is 9.92. The van der Waals surface area contributed by atoms with Gasteiger partial charge in [0.05, 0.1) is 11.7 Å². The molecule has 1 atom stereocenters. The van der Waals surface area contributed by atoms with Gasteiger partial charge in [-0.1, -0.05) is 81.8 Å². The Labute approximate surface area is 217 Å².